The molecule has 5 N–H and O–H groups in total. The molecule has 0 saturated heterocycles. The summed E-state index contributed by atoms with van der Waals surface area (Å²) in [7, 11) is 0. The topological polar surface area (TPSA) is 81.1 Å². The van der Waals surface area contributed by atoms with E-state index in [0.717, 1.165) is 24.0 Å². The van der Waals surface area contributed by atoms with Crippen LogP contribution in [0.5, 0.6) is 0 Å². The van der Waals surface area contributed by atoms with Gasteiger partial charge in [-0.3, -0.25) is 4.79 Å². The second-order valence-electron chi connectivity index (χ2n) is 8.59. The van der Waals surface area contributed by atoms with Crippen LogP contribution in [0.3, 0.4) is 0 Å². The van der Waals surface area contributed by atoms with Gasteiger partial charge in [-0.05, 0) is 60.4 Å². The van der Waals surface area contributed by atoms with Crippen molar-refractivity contribution in [2.45, 2.75) is 63.6 Å². The Morgan fingerprint density at radius 2 is 1.96 bits per heavy atom. The Balaban J connectivity index is 1.52. The number of amides is 1. The van der Waals surface area contributed by atoms with Gasteiger partial charge in [0.1, 0.15) is 0 Å². The average molecular weight is 364 g/mol. The smallest absolute Gasteiger partial charge is 0.222 e. The zero-order chi connectivity index (χ0) is 19.3. The molecule has 4 unspecified atom stereocenters. The summed E-state index contributed by atoms with van der Waals surface area (Å²) in [5.74, 6) is 0.361. The van der Waals surface area contributed by atoms with Crippen molar-refractivity contribution < 1.29 is 4.79 Å². The largest absolute Gasteiger partial charge is 0.351 e. The first kappa shape index (κ1) is 18.2. The molecular formula is C23H29N3O. The normalized spacial score (nSPS) is 28.7. The highest BCUT2D eigenvalue weighted by molar-refractivity contribution is 5.79. The second-order valence-corrected chi connectivity index (χ2v) is 8.59. The number of benzene rings is 2. The molecule has 27 heavy (non-hydrogen) atoms. The van der Waals surface area contributed by atoms with Crippen molar-refractivity contribution in [3.05, 3.63) is 69.8 Å². The maximum atomic E-state index is 12.9. The number of hydrogen-bond acceptors (Lipinski definition) is 3. The average Bonchev–Trinajstić information content (AvgIpc) is 3.02. The van der Waals surface area contributed by atoms with Gasteiger partial charge >= 0.3 is 0 Å². The first-order valence-corrected chi connectivity index (χ1v) is 9.82. The van der Waals surface area contributed by atoms with Crippen LogP contribution in [0, 0.1) is 13.8 Å². The Morgan fingerprint density at radius 3 is 2.70 bits per heavy atom. The molecular weight excluding hydrogens is 334 g/mol. The summed E-state index contributed by atoms with van der Waals surface area (Å²) in [5, 5.41) is 3.16. The summed E-state index contributed by atoms with van der Waals surface area (Å²) in [5.41, 5.74) is 19.8. The van der Waals surface area contributed by atoms with E-state index in [2.05, 4.69) is 50.4 Å². The van der Waals surface area contributed by atoms with Crippen LogP contribution in [-0.2, 0) is 16.8 Å². The lowest BCUT2D eigenvalue weighted by Gasteiger charge is -2.28. The molecule has 4 rings (SSSR count). The van der Waals surface area contributed by atoms with E-state index in [9.17, 15) is 4.79 Å². The first-order valence-electron chi connectivity index (χ1n) is 9.82. The summed E-state index contributed by atoms with van der Waals surface area (Å²) in [6.07, 6.45) is 1.89. The molecule has 0 saturated carbocycles. The van der Waals surface area contributed by atoms with Gasteiger partial charge in [-0.25, -0.2) is 0 Å². The molecule has 0 fully saturated rings. The number of fused-ring (bicyclic) bond motifs is 2. The molecule has 4 heteroatoms. The van der Waals surface area contributed by atoms with Crippen molar-refractivity contribution in [2.24, 2.45) is 11.5 Å². The van der Waals surface area contributed by atoms with Crippen LogP contribution >= 0.6 is 0 Å². The van der Waals surface area contributed by atoms with E-state index in [1.807, 2.05) is 12.1 Å². The zero-order valence-electron chi connectivity index (χ0n) is 16.4. The Labute approximate surface area is 161 Å². The molecule has 2 aliphatic rings. The lowest BCUT2D eigenvalue weighted by atomic mass is 9.85. The van der Waals surface area contributed by atoms with E-state index in [1.165, 1.54) is 22.3 Å². The molecule has 0 aliphatic heterocycles. The Bertz CT molecular complexity index is 906. The molecule has 1 amide bonds. The highest BCUT2D eigenvalue weighted by Gasteiger charge is 2.42. The number of carbonyl (C=O) groups excluding carboxylic acids is 1. The molecule has 2 aliphatic carbocycles. The van der Waals surface area contributed by atoms with E-state index in [1.54, 1.807) is 0 Å². The number of nitrogens with one attached hydrogen (secondary N) is 1. The lowest BCUT2D eigenvalue weighted by Crippen LogP contribution is -2.46. The molecule has 0 aromatic heterocycles. The minimum absolute atomic E-state index is 0.00854. The molecule has 2 aromatic carbocycles. The van der Waals surface area contributed by atoms with Crippen LogP contribution in [0.1, 0.15) is 65.1 Å². The van der Waals surface area contributed by atoms with Crippen molar-refractivity contribution in [1.29, 1.82) is 0 Å². The quantitative estimate of drug-likeness (QED) is 0.784. The first-order chi connectivity index (χ1) is 12.8. The van der Waals surface area contributed by atoms with Gasteiger partial charge in [0.2, 0.25) is 5.91 Å². The fourth-order valence-corrected chi connectivity index (χ4v) is 5.30. The van der Waals surface area contributed by atoms with Crippen LogP contribution in [0.25, 0.3) is 0 Å². The zero-order valence-corrected chi connectivity index (χ0v) is 16.4. The maximum absolute atomic E-state index is 12.9. The fourth-order valence-electron chi connectivity index (χ4n) is 5.30. The molecule has 142 valence electrons. The van der Waals surface area contributed by atoms with Gasteiger partial charge in [-0.1, -0.05) is 48.9 Å². The van der Waals surface area contributed by atoms with Crippen LogP contribution in [0.4, 0.5) is 0 Å². The minimum atomic E-state index is -0.605. The third-order valence-electron chi connectivity index (χ3n) is 6.32. The number of nitrogens with two attached hydrogens (primary N) is 2. The van der Waals surface area contributed by atoms with Crippen molar-refractivity contribution in [3.8, 4) is 0 Å². The van der Waals surface area contributed by atoms with E-state index in [0.29, 0.717) is 12.3 Å². The van der Waals surface area contributed by atoms with Gasteiger partial charge < -0.3 is 16.8 Å². The molecule has 0 heterocycles. The van der Waals surface area contributed by atoms with Crippen LogP contribution < -0.4 is 16.8 Å². The van der Waals surface area contributed by atoms with Gasteiger partial charge in [-0.15, -0.1) is 0 Å². The second kappa shape index (κ2) is 6.47. The molecule has 0 radical (unpaired) electrons. The molecule has 2 aromatic rings. The van der Waals surface area contributed by atoms with E-state index >= 15 is 0 Å². The Kier molecular flexibility index (Phi) is 4.36. The SMILES string of the molecule is Cc1cc(C)c2c(c1)C(C)CC2(N)CC(=O)NC1Cc2ccccc2C1N. The standard InChI is InChI=1S/C23H29N3O/c1-13-8-14(2)21-18(9-13)15(3)11-23(21,25)12-20(27)26-19-10-16-6-4-5-7-17(16)22(19)24/h4-9,15,19,22H,10-12,24-25H2,1-3H3,(H,26,27). The van der Waals surface area contributed by atoms with E-state index < -0.39 is 5.54 Å². The number of aryl methyl sites for hydroxylation is 2. The Hall–Kier alpha value is -2.17. The predicted molar refractivity (Wildman–Crippen MR) is 108 cm³/mol. The van der Waals surface area contributed by atoms with Crippen LogP contribution in [0.2, 0.25) is 0 Å². The van der Waals surface area contributed by atoms with Gasteiger partial charge in [0, 0.05) is 6.42 Å². The van der Waals surface area contributed by atoms with E-state index in [-0.39, 0.29) is 18.0 Å². The van der Waals surface area contributed by atoms with Gasteiger partial charge in [-0.2, -0.15) is 0 Å². The van der Waals surface area contributed by atoms with Crippen molar-refractivity contribution >= 4 is 5.91 Å². The number of hydrogen-bond donors (Lipinski definition) is 3. The number of rotatable bonds is 3. The van der Waals surface area contributed by atoms with Crippen molar-refractivity contribution in [3.63, 3.8) is 0 Å². The van der Waals surface area contributed by atoms with Gasteiger partial charge in [0.15, 0.2) is 0 Å². The summed E-state index contributed by atoms with van der Waals surface area (Å²) in [6, 6.07) is 12.3. The van der Waals surface area contributed by atoms with Gasteiger partial charge in [0.05, 0.1) is 17.6 Å². The van der Waals surface area contributed by atoms with E-state index in [4.69, 9.17) is 11.5 Å². The van der Waals surface area contributed by atoms with Gasteiger partial charge in [0.25, 0.3) is 0 Å². The molecule has 0 bridgehead atoms. The highest BCUT2D eigenvalue weighted by Crippen LogP contribution is 2.46. The predicted octanol–water partition coefficient (Wildman–Crippen LogP) is 3.10. The molecule has 4 atom stereocenters. The summed E-state index contributed by atoms with van der Waals surface area (Å²) < 4.78 is 0. The fraction of sp³-hybridized carbons (Fsp3) is 0.435. The van der Waals surface area contributed by atoms with Crippen LogP contribution in [-0.4, -0.2) is 11.9 Å². The third kappa shape index (κ3) is 3.07. The minimum Gasteiger partial charge on any atom is -0.351 e. The van der Waals surface area contributed by atoms with Crippen LogP contribution in [0.15, 0.2) is 36.4 Å². The third-order valence-corrected chi connectivity index (χ3v) is 6.32. The Morgan fingerprint density at radius 1 is 1.22 bits per heavy atom. The maximum Gasteiger partial charge on any atom is 0.222 e. The summed E-state index contributed by atoms with van der Waals surface area (Å²) in [6.45, 7) is 6.42. The van der Waals surface area contributed by atoms with Crippen molar-refractivity contribution in [2.75, 3.05) is 0 Å². The van der Waals surface area contributed by atoms with Crippen molar-refractivity contribution in [1.82, 2.24) is 5.32 Å². The summed E-state index contributed by atoms with van der Waals surface area (Å²) >= 11 is 0. The highest BCUT2D eigenvalue weighted by atomic mass is 16.1. The monoisotopic (exact) mass is 363 g/mol. The number of carbonyl (C=O) groups is 1. The molecule has 0 spiro atoms. The summed E-state index contributed by atoms with van der Waals surface area (Å²) in [4.78, 5) is 12.9. The lowest BCUT2D eigenvalue weighted by molar-refractivity contribution is -0.123. The molecule has 4 nitrogen and oxygen atoms in total.